The Morgan fingerprint density at radius 1 is 0.333 bits per heavy atom. The highest BCUT2D eigenvalue weighted by Gasteiger charge is 2.38. The van der Waals surface area contributed by atoms with Gasteiger partial charge in [0.05, 0.1) is 0 Å². The van der Waals surface area contributed by atoms with Crippen LogP contribution in [0.15, 0.2) is 0 Å². The first-order chi connectivity index (χ1) is 20.3. The van der Waals surface area contributed by atoms with Crippen LogP contribution in [0.5, 0.6) is 0 Å². The van der Waals surface area contributed by atoms with Gasteiger partial charge in [-0.25, -0.2) is 0 Å². The van der Waals surface area contributed by atoms with Gasteiger partial charge in [-0.15, -0.1) is 0 Å². The van der Waals surface area contributed by atoms with Crippen molar-refractivity contribution in [1.29, 1.82) is 0 Å². The zero-order valence-electron chi connectivity index (χ0n) is 28.6. The van der Waals surface area contributed by atoms with Crippen LogP contribution in [0.4, 0.5) is 0 Å². The monoisotopic (exact) mass is 584 g/mol. The van der Waals surface area contributed by atoms with Gasteiger partial charge in [-0.3, -0.25) is 0 Å². The minimum Gasteiger partial charge on any atom is -0.306 e. The normalized spacial score (nSPS) is 45.1. The molecule has 0 aromatic heterocycles. The van der Waals surface area contributed by atoms with Gasteiger partial charge < -0.3 is 24.5 Å². The summed E-state index contributed by atoms with van der Waals surface area (Å²) in [7, 11) is 11.3. The van der Waals surface area contributed by atoms with Crippen molar-refractivity contribution in [3.8, 4) is 0 Å². The van der Waals surface area contributed by atoms with E-state index >= 15 is 0 Å². The van der Waals surface area contributed by atoms with Gasteiger partial charge in [0.15, 0.2) is 0 Å². The Balaban J connectivity index is 0.0000000940. The number of likely N-dealkylation sites (tertiary alicyclic amines) is 1. The van der Waals surface area contributed by atoms with Gasteiger partial charge in [0.2, 0.25) is 0 Å². The van der Waals surface area contributed by atoms with Gasteiger partial charge in [0, 0.05) is 62.4 Å². The fourth-order valence-electron chi connectivity index (χ4n) is 11.0. The molecular weight excluding hydrogens is 514 g/mol. The molecule has 13 aliphatic rings. The zero-order valence-corrected chi connectivity index (χ0v) is 28.6. The predicted molar refractivity (Wildman–Crippen MR) is 178 cm³/mol. The second-order valence-electron chi connectivity index (χ2n) is 16.9. The topological polar surface area (TPSA) is 16.2 Å². The molecule has 13 fully saturated rings. The molecule has 6 atom stereocenters. The molecule has 4 aliphatic carbocycles. The molecule has 9 heterocycles. The van der Waals surface area contributed by atoms with Crippen molar-refractivity contribution in [2.45, 2.75) is 152 Å². The number of fused-ring (bicyclic) bond motifs is 11. The van der Waals surface area contributed by atoms with Gasteiger partial charge in [0.25, 0.3) is 0 Å². The summed E-state index contributed by atoms with van der Waals surface area (Å²) in [6.45, 7) is 5.50. The molecule has 0 radical (unpaired) electrons. The lowest BCUT2D eigenvalue weighted by Crippen LogP contribution is -2.56. The molecule has 10 bridgehead atoms. The van der Waals surface area contributed by atoms with Crippen molar-refractivity contribution >= 4 is 0 Å². The van der Waals surface area contributed by atoms with Gasteiger partial charge in [-0.05, 0) is 162 Å². The minimum absolute atomic E-state index is 0.954. The van der Waals surface area contributed by atoms with Crippen LogP contribution in [-0.4, -0.2) is 122 Å². The quantitative estimate of drug-likeness (QED) is 0.326. The van der Waals surface area contributed by atoms with Crippen LogP contribution in [0.3, 0.4) is 0 Å². The summed E-state index contributed by atoms with van der Waals surface area (Å²) in [6.07, 6.45) is 26.8. The molecule has 242 valence electrons. The fourth-order valence-corrected chi connectivity index (χ4v) is 11.0. The highest BCUT2D eigenvalue weighted by Crippen LogP contribution is 2.39. The van der Waals surface area contributed by atoms with Crippen molar-refractivity contribution in [3.05, 3.63) is 0 Å². The molecule has 13 rings (SSSR count). The van der Waals surface area contributed by atoms with E-state index in [9.17, 15) is 0 Å². The zero-order chi connectivity index (χ0) is 29.2. The Labute approximate surface area is 261 Å². The van der Waals surface area contributed by atoms with Crippen LogP contribution in [0, 0.1) is 23.7 Å². The van der Waals surface area contributed by atoms with E-state index in [1.54, 1.807) is 0 Å². The Morgan fingerprint density at radius 3 is 1.05 bits per heavy atom. The standard InChI is InChI=1S/2C8H15N.3C7H13N/c1-9-6-7-2-4-8(9)5-3-7;1-9-7-3-2-4-8(9)6-5-7;1-8-4-6-2-7(3-6)5-8;1-8-5-6-2-3-7(8)4-6;1-8-6-3-2-4-7(8)5-6/h2*7-8H,2-6H2,1H3;3*6-7H,2-5H2,1H3. The summed E-state index contributed by atoms with van der Waals surface area (Å²) in [5.41, 5.74) is 0. The molecule has 9 aliphatic heterocycles. The molecule has 4 saturated carbocycles. The largest absolute Gasteiger partial charge is 0.306 e. The Kier molecular flexibility index (Phi) is 11.0. The summed E-state index contributed by atoms with van der Waals surface area (Å²) < 4.78 is 0. The number of hydrogen-bond acceptors (Lipinski definition) is 5. The van der Waals surface area contributed by atoms with Crippen LogP contribution >= 0.6 is 0 Å². The van der Waals surface area contributed by atoms with E-state index < -0.39 is 0 Å². The second-order valence-corrected chi connectivity index (χ2v) is 16.9. The molecular formula is C37H69N5. The molecule has 0 amide bonds. The number of piperidine rings is 7. The molecule has 42 heavy (non-hydrogen) atoms. The molecule has 6 unspecified atom stereocenters. The Hall–Kier alpha value is -0.200. The van der Waals surface area contributed by atoms with Crippen LogP contribution in [-0.2, 0) is 0 Å². The summed E-state index contributed by atoms with van der Waals surface area (Å²) in [6, 6.07) is 5.81. The molecule has 0 aromatic carbocycles. The van der Waals surface area contributed by atoms with E-state index in [4.69, 9.17) is 0 Å². The van der Waals surface area contributed by atoms with Crippen LogP contribution in [0.1, 0.15) is 116 Å². The Morgan fingerprint density at radius 2 is 0.786 bits per heavy atom. The Bertz CT molecular complexity index is 776. The first kappa shape index (κ1) is 31.8. The summed E-state index contributed by atoms with van der Waals surface area (Å²) >= 11 is 0. The van der Waals surface area contributed by atoms with E-state index in [0.29, 0.717) is 0 Å². The highest BCUT2D eigenvalue weighted by molar-refractivity contribution is 4.94. The molecule has 9 saturated heterocycles. The first-order valence-electron chi connectivity index (χ1n) is 18.8. The smallest absolute Gasteiger partial charge is 0.0110 e. The van der Waals surface area contributed by atoms with Crippen molar-refractivity contribution in [1.82, 2.24) is 24.5 Å². The molecule has 0 spiro atoms. The average Bonchev–Trinajstić information content (AvgIpc) is 3.65. The third-order valence-corrected chi connectivity index (χ3v) is 14.0. The fraction of sp³-hybridized carbons (Fsp3) is 1.00. The van der Waals surface area contributed by atoms with Crippen LogP contribution in [0.2, 0.25) is 0 Å². The summed E-state index contributed by atoms with van der Waals surface area (Å²) in [5, 5.41) is 0. The van der Waals surface area contributed by atoms with Gasteiger partial charge >= 0.3 is 0 Å². The SMILES string of the molecule is CN1C2CCCC1C2.CN1C2CCCC1CC2.CN1CC2CC(C2)C1.CN1CC2CCC1C2.CN1CC2CCC1CC2. The lowest BCUT2D eigenvalue weighted by molar-refractivity contribution is -0.00221. The third-order valence-electron chi connectivity index (χ3n) is 14.0. The lowest BCUT2D eigenvalue weighted by Gasteiger charge is -2.50. The van der Waals surface area contributed by atoms with E-state index in [1.165, 1.54) is 142 Å². The van der Waals surface area contributed by atoms with Crippen LogP contribution in [0.25, 0.3) is 0 Å². The predicted octanol–water partition coefficient (Wildman–Crippen LogP) is 6.43. The van der Waals surface area contributed by atoms with Gasteiger partial charge in [0.1, 0.15) is 0 Å². The van der Waals surface area contributed by atoms with Gasteiger partial charge in [-0.1, -0.05) is 12.8 Å². The highest BCUT2D eigenvalue weighted by atomic mass is 15.2. The molecule has 5 heteroatoms. The minimum atomic E-state index is 0.954. The first-order valence-corrected chi connectivity index (χ1v) is 18.8. The van der Waals surface area contributed by atoms with Crippen molar-refractivity contribution in [3.63, 3.8) is 0 Å². The van der Waals surface area contributed by atoms with E-state index in [0.717, 1.165) is 59.9 Å². The van der Waals surface area contributed by atoms with E-state index in [1.807, 2.05) is 0 Å². The maximum atomic E-state index is 2.59. The van der Waals surface area contributed by atoms with Crippen molar-refractivity contribution in [2.75, 3.05) is 61.4 Å². The maximum Gasteiger partial charge on any atom is 0.0110 e. The molecule has 0 N–H and O–H groups in total. The average molecular weight is 584 g/mol. The maximum absolute atomic E-state index is 2.59. The molecule has 5 nitrogen and oxygen atoms in total. The number of rotatable bonds is 0. The lowest BCUT2D eigenvalue weighted by atomic mass is 9.71. The van der Waals surface area contributed by atoms with Gasteiger partial charge in [-0.2, -0.15) is 0 Å². The summed E-state index contributed by atoms with van der Waals surface area (Å²) in [4.78, 5) is 12.6. The molecule has 0 aromatic rings. The van der Waals surface area contributed by atoms with Crippen molar-refractivity contribution in [2.24, 2.45) is 23.7 Å². The van der Waals surface area contributed by atoms with E-state index in [2.05, 4.69) is 59.7 Å². The number of nitrogens with zero attached hydrogens (tertiary/aromatic N) is 5. The van der Waals surface area contributed by atoms with Crippen molar-refractivity contribution < 1.29 is 0 Å². The third kappa shape index (κ3) is 7.77. The van der Waals surface area contributed by atoms with E-state index in [-0.39, 0.29) is 0 Å². The summed E-state index contributed by atoms with van der Waals surface area (Å²) in [5.74, 6) is 4.29. The van der Waals surface area contributed by atoms with Crippen LogP contribution < -0.4 is 0 Å². The second kappa shape index (κ2) is 14.5. The number of hydrogen-bond donors (Lipinski definition) is 0.